The molecular weight excluding hydrogens is 174 g/mol. The molecule has 0 saturated heterocycles. The van der Waals surface area contributed by atoms with Gasteiger partial charge in [-0.3, -0.25) is 9.59 Å². The summed E-state index contributed by atoms with van der Waals surface area (Å²) in [6, 6.07) is -0.220. The minimum absolute atomic E-state index is 0.000590. The van der Waals surface area contributed by atoms with Crippen molar-refractivity contribution in [2.75, 3.05) is 13.2 Å². The molecular formula is C8H15NO4. The average molecular weight is 189 g/mol. The molecule has 76 valence electrons. The van der Waals surface area contributed by atoms with E-state index in [9.17, 15) is 9.59 Å². The number of esters is 1. The van der Waals surface area contributed by atoms with Crippen LogP contribution in [0.3, 0.4) is 0 Å². The molecule has 0 bridgehead atoms. The smallest absolute Gasteiger partial charge is 0.319 e. The first-order valence-electron chi connectivity index (χ1n) is 4.17. The standard InChI is InChI=1S/C8H15NO4/c1-3-13-8(12)5-9-6(2)4-7(10)11/h6,9H,3-5H2,1-2H3,(H,10,11). The van der Waals surface area contributed by atoms with Gasteiger partial charge in [0.2, 0.25) is 0 Å². The summed E-state index contributed by atoms with van der Waals surface area (Å²) in [6.45, 7) is 3.82. The molecule has 13 heavy (non-hydrogen) atoms. The molecule has 1 unspecified atom stereocenters. The third-order valence-corrected chi connectivity index (χ3v) is 1.38. The number of hydrogen-bond acceptors (Lipinski definition) is 4. The van der Waals surface area contributed by atoms with Crippen LogP contribution in [0.4, 0.5) is 0 Å². The molecule has 5 nitrogen and oxygen atoms in total. The Labute approximate surface area is 77.1 Å². The topological polar surface area (TPSA) is 75.6 Å². The Bertz CT molecular complexity index is 181. The van der Waals surface area contributed by atoms with Crippen molar-refractivity contribution < 1.29 is 19.4 Å². The minimum atomic E-state index is -0.885. The van der Waals surface area contributed by atoms with E-state index < -0.39 is 5.97 Å². The predicted octanol–water partition coefficient (Wildman–Crippen LogP) is 0.00230. The summed E-state index contributed by atoms with van der Waals surface area (Å²) < 4.78 is 4.65. The fraction of sp³-hybridized carbons (Fsp3) is 0.750. The van der Waals surface area contributed by atoms with Crippen LogP contribution in [0.5, 0.6) is 0 Å². The van der Waals surface area contributed by atoms with E-state index in [0.717, 1.165) is 0 Å². The maximum atomic E-state index is 10.8. The molecule has 1 atom stereocenters. The van der Waals surface area contributed by atoms with Gasteiger partial charge >= 0.3 is 11.9 Å². The molecule has 0 rings (SSSR count). The van der Waals surface area contributed by atoms with Crippen molar-refractivity contribution in [1.29, 1.82) is 0 Å². The van der Waals surface area contributed by atoms with Crippen molar-refractivity contribution in [1.82, 2.24) is 5.32 Å². The number of nitrogens with one attached hydrogen (secondary N) is 1. The first-order valence-corrected chi connectivity index (χ1v) is 4.17. The van der Waals surface area contributed by atoms with Crippen molar-refractivity contribution in [2.24, 2.45) is 0 Å². The van der Waals surface area contributed by atoms with Crippen LogP contribution in [-0.4, -0.2) is 36.2 Å². The fourth-order valence-electron chi connectivity index (χ4n) is 0.804. The number of hydrogen-bond donors (Lipinski definition) is 2. The van der Waals surface area contributed by atoms with E-state index in [1.807, 2.05) is 0 Å². The Morgan fingerprint density at radius 3 is 2.62 bits per heavy atom. The Kier molecular flexibility index (Phi) is 5.88. The highest BCUT2D eigenvalue weighted by Crippen LogP contribution is 1.89. The molecule has 2 N–H and O–H groups in total. The molecule has 0 aliphatic rings. The van der Waals surface area contributed by atoms with Crippen molar-refractivity contribution in [2.45, 2.75) is 26.3 Å². The van der Waals surface area contributed by atoms with Gasteiger partial charge in [0, 0.05) is 6.04 Å². The summed E-state index contributed by atoms with van der Waals surface area (Å²) in [5, 5.41) is 11.1. The van der Waals surface area contributed by atoms with Gasteiger partial charge in [-0.25, -0.2) is 0 Å². The van der Waals surface area contributed by atoms with E-state index in [1.54, 1.807) is 13.8 Å². The molecule has 0 radical (unpaired) electrons. The lowest BCUT2D eigenvalue weighted by molar-refractivity contribution is -0.143. The second-order valence-electron chi connectivity index (χ2n) is 2.68. The van der Waals surface area contributed by atoms with Crippen LogP contribution in [0.1, 0.15) is 20.3 Å². The summed E-state index contributed by atoms with van der Waals surface area (Å²) in [5.74, 6) is -1.25. The maximum Gasteiger partial charge on any atom is 0.319 e. The minimum Gasteiger partial charge on any atom is -0.481 e. The normalized spacial score (nSPS) is 12.2. The molecule has 0 saturated carbocycles. The van der Waals surface area contributed by atoms with E-state index in [2.05, 4.69) is 10.1 Å². The number of ether oxygens (including phenoxy) is 1. The van der Waals surface area contributed by atoms with E-state index in [4.69, 9.17) is 5.11 Å². The van der Waals surface area contributed by atoms with Crippen molar-refractivity contribution in [3.8, 4) is 0 Å². The molecule has 0 amide bonds. The second-order valence-corrected chi connectivity index (χ2v) is 2.68. The van der Waals surface area contributed by atoms with Gasteiger partial charge in [0.25, 0.3) is 0 Å². The number of carbonyl (C=O) groups is 2. The van der Waals surface area contributed by atoms with Gasteiger partial charge in [0.1, 0.15) is 0 Å². The number of carboxylic acids is 1. The van der Waals surface area contributed by atoms with Gasteiger partial charge in [-0.05, 0) is 13.8 Å². The maximum absolute atomic E-state index is 10.8. The van der Waals surface area contributed by atoms with Crippen LogP contribution in [-0.2, 0) is 14.3 Å². The Hall–Kier alpha value is -1.10. The largest absolute Gasteiger partial charge is 0.481 e. The van der Waals surface area contributed by atoms with Gasteiger partial charge in [-0.2, -0.15) is 0 Å². The van der Waals surface area contributed by atoms with Gasteiger partial charge < -0.3 is 15.2 Å². The van der Waals surface area contributed by atoms with E-state index in [0.29, 0.717) is 6.61 Å². The Morgan fingerprint density at radius 1 is 1.54 bits per heavy atom. The van der Waals surface area contributed by atoms with Crippen LogP contribution in [0.2, 0.25) is 0 Å². The number of aliphatic carboxylic acids is 1. The van der Waals surface area contributed by atoms with Gasteiger partial charge in [-0.15, -0.1) is 0 Å². The second kappa shape index (κ2) is 6.42. The van der Waals surface area contributed by atoms with Crippen LogP contribution >= 0.6 is 0 Å². The van der Waals surface area contributed by atoms with Gasteiger partial charge in [0.05, 0.1) is 19.6 Å². The van der Waals surface area contributed by atoms with Gasteiger partial charge in [-0.1, -0.05) is 0 Å². The lowest BCUT2D eigenvalue weighted by Crippen LogP contribution is -2.33. The summed E-state index contributed by atoms with van der Waals surface area (Å²) in [5.41, 5.74) is 0. The van der Waals surface area contributed by atoms with Crippen LogP contribution in [0, 0.1) is 0 Å². The Morgan fingerprint density at radius 2 is 2.15 bits per heavy atom. The molecule has 5 heteroatoms. The highest BCUT2D eigenvalue weighted by Gasteiger charge is 2.08. The molecule has 0 aromatic carbocycles. The van der Waals surface area contributed by atoms with Gasteiger partial charge in [0.15, 0.2) is 0 Å². The first-order chi connectivity index (χ1) is 6.06. The lowest BCUT2D eigenvalue weighted by atomic mass is 10.2. The third-order valence-electron chi connectivity index (χ3n) is 1.38. The molecule has 0 heterocycles. The summed E-state index contributed by atoms with van der Waals surface area (Å²) in [4.78, 5) is 21.0. The zero-order valence-electron chi connectivity index (χ0n) is 7.87. The van der Waals surface area contributed by atoms with E-state index in [-0.39, 0.29) is 25.0 Å². The number of carboxylic acid groups (broad SMARTS) is 1. The van der Waals surface area contributed by atoms with E-state index in [1.165, 1.54) is 0 Å². The molecule has 0 fully saturated rings. The van der Waals surface area contributed by atoms with Crippen molar-refractivity contribution >= 4 is 11.9 Å². The number of rotatable bonds is 6. The van der Waals surface area contributed by atoms with Crippen molar-refractivity contribution in [3.63, 3.8) is 0 Å². The first kappa shape index (κ1) is 11.9. The predicted molar refractivity (Wildman–Crippen MR) is 46.4 cm³/mol. The average Bonchev–Trinajstić information content (AvgIpc) is 2.00. The fourth-order valence-corrected chi connectivity index (χ4v) is 0.804. The summed E-state index contributed by atoms with van der Waals surface area (Å²) in [6.07, 6.45) is -0.000590. The number of carbonyl (C=O) groups excluding carboxylic acids is 1. The Balaban J connectivity index is 3.51. The molecule has 0 aromatic heterocycles. The van der Waals surface area contributed by atoms with Crippen LogP contribution < -0.4 is 5.32 Å². The molecule has 0 aliphatic heterocycles. The van der Waals surface area contributed by atoms with Crippen LogP contribution in [0.15, 0.2) is 0 Å². The molecule has 0 aliphatic carbocycles. The van der Waals surface area contributed by atoms with Crippen LogP contribution in [0.25, 0.3) is 0 Å². The van der Waals surface area contributed by atoms with Crippen molar-refractivity contribution in [3.05, 3.63) is 0 Å². The SMILES string of the molecule is CCOC(=O)CNC(C)CC(=O)O. The highest BCUT2D eigenvalue weighted by molar-refractivity contribution is 5.72. The lowest BCUT2D eigenvalue weighted by Gasteiger charge is -2.09. The third kappa shape index (κ3) is 7.27. The summed E-state index contributed by atoms with van der Waals surface area (Å²) >= 11 is 0. The highest BCUT2D eigenvalue weighted by atomic mass is 16.5. The zero-order chi connectivity index (χ0) is 10.3. The quantitative estimate of drug-likeness (QED) is 0.575. The molecule has 0 spiro atoms. The monoisotopic (exact) mass is 189 g/mol. The zero-order valence-corrected chi connectivity index (χ0v) is 7.87. The van der Waals surface area contributed by atoms with E-state index >= 15 is 0 Å². The molecule has 0 aromatic rings. The summed E-state index contributed by atoms with van der Waals surface area (Å²) in [7, 11) is 0.